The molecule has 4 rings (SSSR count). The van der Waals surface area contributed by atoms with Gasteiger partial charge in [-0.05, 0) is 60.9 Å². The summed E-state index contributed by atoms with van der Waals surface area (Å²) >= 11 is 1.66. The molecule has 2 aliphatic rings. The highest BCUT2D eigenvalue weighted by Gasteiger charge is 2.37. The number of anilines is 1. The molecule has 1 fully saturated rings. The summed E-state index contributed by atoms with van der Waals surface area (Å²) in [7, 11) is 0. The van der Waals surface area contributed by atoms with Gasteiger partial charge in [0, 0.05) is 30.1 Å². The van der Waals surface area contributed by atoms with Gasteiger partial charge in [-0.2, -0.15) is 0 Å². The molecule has 1 atom stereocenters. The van der Waals surface area contributed by atoms with Gasteiger partial charge in [0.1, 0.15) is 0 Å². The standard InChI is InChI=1S/C21H24N2O2S/c1-2-22(14-19-7-4-10-26-19)21(25)17-12-20(24)23(13-17)18-9-8-15-5-3-6-16(15)11-18/h4,7-11,17H,2-3,5-6,12-14H2,1H3/t17-/m1/s1. The van der Waals surface area contributed by atoms with Gasteiger partial charge in [-0.15, -0.1) is 11.3 Å². The number of benzene rings is 1. The van der Waals surface area contributed by atoms with E-state index in [1.54, 1.807) is 16.2 Å². The van der Waals surface area contributed by atoms with Crippen LogP contribution in [0.2, 0.25) is 0 Å². The molecule has 0 N–H and O–H groups in total. The summed E-state index contributed by atoms with van der Waals surface area (Å²) in [5.74, 6) is -0.0814. The second kappa shape index (κ2) is 7.23. The number of rotatable bonds is 5. The Morgan fingerprint density at radius 1 is 1.27 bits per heavy atom. The third-order valence-electron chi connectivity index (χ3n) is 5.49. The lowest BCUT2D eigenvalue weighted by Crippen LogP contribution is -2.36. The van der Waals surface area contributed by atoms with E-state index in [0.717, 1.165) is 18.5 Å². The van der Waals surface area contributed by atoms with Gasteiger partial charge >= 0.3 is 0 Å². The van der Waals surface area contributed by atoms with Gasteiger partial charge in [-0.3, -0.25) is 9.59 Å². The van der Waals surface area contributed by atoms with Crippen molar-refractivity contribution in [3.8, 4) is 0 Å². The van der Waals surface area contributed by atoms with E-state index < -0.39 is 0 Å². The van der Waals surface area contributed by atoms with Gasteiger partial charge in [-0.25, -0.2) is 0 Å². The maximum absolute atomic E-state index is 13.0. The highest BCUT2D eigenvalue weighted by Crippen LogP contribution is 2.31. The first-order valence-corrected chi connectivity index (χ1v) is 10.3. The Morgan fingerprint density at radius 3 is 2.88 bits per heavy atom. The zero-order chi connectivity index (χ0) is 18.1. The minimum atomic E-state index is -0.240. The first-order chi connectivity index (χ1) is 12.7. The van der Waals surface area contributed by atoms with Gasteiger partial charge in [0.05, 0.1) is 12.5 Å². The number of fused-ring (bicyclic) bond motifs is 1. The second-order valence-electron chi connectivity index (χ2n) is 7.14. The van der Waals surface area contributed by atoms with Crippen molar-refractivity contribution in [2.45, 2.75) is 39.2 Å². The molecule has 0 bridgehead atoms. The van der Waals surface area contributed by atoms with E-state index >= 15 is 0 Å². The lowest BCUT2D eigenvalue weighted by molar-refractivity contribution is -0.136. The Hall–Kier alpha value is -2.14. The third kappa shape index (κ3) is 3.28. The van der Waals surface area contributed by atoms with Crippen LogP contribution in [0.1, 0.15) is 35.8 Å². The SMILES string of the molecule is CCN(Cc1cccs1)C(=O)[C@@H]1CC(=O)N(c2ccc3c(c2)CCC3)C1. The maximum atomic E-state index is 13.0. The van der Waals surface area contributed by atoms with Crippen LogP contribution in [0.5, 0.6) is 0 Å². The molecule has 26 heavy (non-hydrogen) atoms. The van der Waals surface area contributed by atoms with Crippen molar-refractivity contribution in [2.75, 3.05) is 18.0 Å². The van der Waals surface area contributed by atoms with Gasteiger partial charge in [0.25, 0.3) is 0 Å². The normalized spacial score (nSPS) is 19.0. The minimum Gasteiger partial charge on any atom is -0.338 e. The Morgan fingerprint density at radius 2 is 2.12 bits per heavy atom. The van der Waals surface area contributed by atoms with Crippen molar-refractivity contribution in [3.05, 3.63) is 51.7 Å². The van der Waals surface area contributed by atoms with Crippen LogP contribution in [-0.2, 0) is 29.0 Å². The van der Waals surface area contributed by atoms with Crippen LogP contribution in [0, 0.1) is 5.92 Å². The quantitative estimate of drug-likeness (QED) is 0.808. The fourth-order valence-electron chi connectivity index (χ4n) is 4.04. The molecule has 0 unspecified atom stereocenters. The van der Waals surface area contributed by atoms with Gasteiger partial charge in [0.2, 0.25) is 11.8 Å². The molecule has 2 amide bonds. The summed E-state index contributed by atoms with van der Waals surface area (Å²) in [5.41, 5.74) is 3.71. The average Bonchev–Trinajstić information content (AvgIpc) is 3.39. The molecule has 5 heteroatoms. The van der Waals surface area contributed by atoms with Gasteiger partial charge < -0.3 is 9.80 Å². The Bertz CT molecular complexity index is 815. The van der Waals surface area contributed by atoms with Crippen LogP contribution in [-0.4, -0.2) is 29.8 Å². The number of carbonyl (C=O) groups is 2. The first-order valence-electron chi connectivity index (χ1n) is 9.39. The topological polar surface area (TPSA) is 40.6 Å². The van der Waals surface area contributed by atoms with Crippen molar-refractivity contribution in [1.29, 1.82) is 0 Å². The van der Waals surface area contributed by atoms with Crippen LogP contribution < -0.4 is 4.90 Å². The van der Waals surface area contributed by atoms with Crippen LogP contribution in [0.3, 0.4) is 0 Å². The summed E-state index contributed by atoms with van der Waals surface area (Å²) in [6, 6.07) is 10.4. The van der Waals surface area contributed by atoms with Crippen molar-refractivity contribution in [3.63, 3.8) is 0 Å². The van der Waals surface area contributed by atoms with Crippen molar-refractivity contribution in [1.82, 2.24) is 4.90 Å². The molecular weight excluding hydrogens is 344 g/mol. The smallest absolute Gasteiger partial charge is 0.228 e. The fourth-order valence-corrected chi connectivity index (χ4v) is 4.76. The second-order valence-corrected chi connectivity index (χ2v) is 8.18. The highest BCUT2D eigenvalue weighted by atomic mass is 32.1. The molecule has 136 valence electrons. The molecule has 2 heterocycles. The molecule has 0 spiro atoms. The van der Waals surface area contributed by atoms with E-state index in [9.17, 15) is 9.59 Å². The van der Waals surface area contributed by atoms with E-state index in [1.807, 2.05) is 29.3 Å². The first kappa shape index (κ1) is 17.3. The largest absolute Gasteiger partial charge is 0.338 e. The van der Waals surface area contributed by atoms with E-state index in [0.29, 0.717) is 26.1 Å². The summed E-state index contributed by atoms with van der Waals surface area (Å²) in [6.45, 7) is 3.80. The number of amides is 2. The predicted octanol–water partition coefficient (Wildman–Crippen LogP) is 3.64. The van der Waals surface area contributed by atoms with Crippen molar-refractivity contribution in [2.24, 2.45) is 5.92 Å². The highest BCUT2D eigenvalue weighted by molar-refractivity contribution is 7.09. The van der Waals surface area contributed by atoms with E-state index in [4.69, 9.17) is 0 Å². The van der Waals surface area contributed by atoms with Crippen molar-refractivity contribution >= 4 is 28.8 Å². The van der Waals surface area contributed by atoms with Gasteiger partial charge in [0.15, 0.2) is 0 Å². The minimum absolute atomic E-state index is 0.0634. The van der Waals surface area contributed by atoms with Crippen LogP contribution in [0.4, 0.5) is 5.69 Å². The number of nitrogens with zero attached hydrogens (tertiary/aromatic N) is 2. The zero-order valence-corrected chi connectivity index (χ0v) is 15.9. The van der Waals surface area contributed by atoms with Crippen LogP contribution in [0.15, 0.2) is 35.7 Å². The number of aryl methyl sites for hydroxylation is 2. The molecule has 0 saturated carbocycles. The summed E-state index contributed by atoms with van der Waals surface area (Å²) in [4.78, 5) is 30.4. The molecule has 1 aliphatic heterocycles. The number of hydrogen-bond acceptors (Lipinski definition) is 3. The number of carbonyl (C=O) groups excluding carboxylic acids is 2. The fraction of sp³-hybridized carbons (Fsp3) is 0.429. The summed E-state index contributed by atoms with van der Waals surface area (Å²) < 4.78 is 0. The summed E-state index contributed by atoms with van der Waals surface area (Å²) in [6.07, 6.45) is 3.75. The number of thiophene rings is 1. The predicted molar refractivity (Wildman–Crippen MR) is 104 cm³/mol. The zero-order valence-electron chi connectivity index (χ0n) is 15.1. The van der Waals surface area contributed by atoms with Crippen LogP contribution >= 0.6 is 11.3 Å². The molecule has 1 saturated heterocycles. The Labute approximate surface area is 158 Å². The average molecular weight is 369 g/mol. The molecule has 2 aromatic rings. The third-order valence-corrected chi connectivity index (χ3v) is 6.35. The molecule has 4 nitrogen and oxygen atoms in total. The van der Waals surface area contributed by atoms with E-state index in [1.165, 1.54) is 22.4 Å². The lowest BCUT2D eigenvalue weighted by Gasteiger charge is -2.24. The molecular formula is C21H24N2O2S. The Kier molecular flexibility index (Phi) is 4.81. The lowest BCUT2D eigenvalue weighted by atomic mass is 10.1. The summed E-state index contributed by atoms with van der Waals surface area (Å²) in [5, 5.41) is 2.03. The van der Waals surface area contributed by atoms with E-state index in [-0.39, 0.29) is 17.7 Å². The Balaban J connectivity index is 1.47. The monoisotopic (exact) mass is 368 g/mol. The van der Waals surface area contributed by atoms with E-state index in [2.05, 4.69) is 18.2 Å². The van der Waals surface area contributed by atoms with Crippen molar-refractivity contribution < 1.29 is 9.59 Å². The maximum Gasteiger partial charge on any atom is 0.228 e. The molecule has 0 radical (unpaired) electrons. The van der Waals surface area contributed by atoms with Gasteiger partial charge in [-0.1, -0.05) is 12.1 Å². The molecule has 1 aliphatic carbocycles. The molecule has 1 aromatic carbocycles. The number of hydrogen-bond donors (Lipinski definition) is 0. The van der Waals surface area contributed by atoms with Crippen LogP contribution in [0.25, 0.3) is 0 Å². The molecule has 1 aromatic heterocycles.